The maximum Gasteiger partial charge on any atom is 0.164 e. The highest BCUT2D eigenvalue weighted by molar-refractivity contribution is 8.00. The molecule has 2 aliphatic heterocycles. The average Bonchev–Trinajstić information content (AvgIpc) is 2.86. The van der Waals surface area contributed by atoms with Crippen molar-refractivity contribution in [3.05, 3.63) is 30.3 Å². The molecule has 3 fully saturated rings. The standard InChI is InChI=1S/C19H26O5S/c1-17(2)21-11-19(25-12-8-6-5-7-9-12)10-13(20)14-15(16(19)24-17)23-18(3,4)22-14/h5-9,13-16,20H,10-11H2,1-4H3/t13-,14+,15+,16+,19+/m0/s1. The molecule has 1 aromatic carbocycles. The molecule has 0 bridgehead atoms. The van der Waals surface area contributed by atoms with E-state index >= 15 is 0 Å². The molecule has 1 N–H and O–H groups in total. The Morgan fingerprint density at radius 3 is 2.36 bits per heavy atom. The number of aliphatic hydroxyl groups is 1. The van der Waals surface area contributed by atoms with E-state index in [0.717, 1.165) is 4.90 Å². The third kappa shape index (κ3) is 3.24. The van der Waals surface area contributed by atoms with Crippen LogP contribution in [0.5, 0.6) is 0 Å². The molecular formula is C19H26O5S. The second-order valence-corrected chi connectivity index (χ2v) is 9.53. The number of aliphatic hydroxyl groups excluding tert-OH is 1. The second-order valence-electron chi connectivity index (χ2n) is 8.04. The minimum absolute atomic E-state index is 0.225. The van der Waals surface area contributed by atoms with Crippen LogP contribution in [0.15, 0.2) is 35.2 Å². The molecule has 3 aliphatic rings. The van der Waals surface area contributed by atoms with Crippen molar-refractivity contribution in [3.8, 4) is 0 Å². The zero-order valence-electron chi connectivity index (χ0n) is 15.1. The lowest BCUT2D eigenvalue weighted by Crippen LogP contribution is -2.67. The lowest BCUT2D eigenvalue weighted by molar-refractivity contribution is -0.314. The third-order valence-electron chi connectivity index (χ3n) is 5.05. The van der Waals surface area contributed by atoms with Gasteiger partial charge in [0.25, 0.3) is 0 Å². The van der Waals surface area contributed by atoms with Crippen LogP contribution >= 0.6 is 11.8 Å². The van der Waals surface area contributed by atoms with Gasteiger partial charge in [-0.15, -0.1) is 11.8 Å². The predicted molar refractivity (Wildman–Crippen MR) is 94.4 cm³/mol. The fraction of sp³-hybridized carbons (Fsp3) is 0.684. The molecule has 2 saturated heterocycles. The lowest BCUT2D eigenvalue weighted by Gasteiger charge is -2.54. The number of rotatable bonds is 2. The van der Waals surface area contributed by atoms with E-state index in [9.17, 15) is 5.11 Å². The molecule has 5 atom stereocenters. The van der Waals surface area contributed by atoms with Crippen molar-refractivity contribution in [2.45, 2.75) is 79.7 Å². The molecule has 1 aliphatic carbocycles. The Morgan fingerprint density at radius 1 is 0.960 bits per heavy atom. The minimum Gasteiger partial charge on any atom is -0.390 e. The van der Waals surface area contributed by atoms with Crippen molar-refractivity contribution in [3.63, 3.8) is 0 Å². The highest BCUT2D eigenvalue weighted by Crippen LogP contribution is 2.53. The van der Waals surface area contributed by atoms with Crippen molar-refractivity contribution in [2.75, 3.05) is 6.61 Å². The van der Waals surface area contributed by atoms with Crippen LogP contribution in [-0.2, 0) is 18.9 Å². The zero-order valence-corrected chi connectivity index (χ0v) is 15.9. The molecule has 138 valence electrons. The fourth-order valence-electron chi connectivity index (χ4n) is 4.04. The average molecular weight is 366 g/mol. The van der Waals surface area contributed by atoms with E-state index in [2.05, 4.69) is 12.1 Å². The summed E-state index contributed by atoms with van der Waals surface area (Å²) in [6.07, 6.45) is -1.01. The molecule has 2 heterocycles. The largest absolute Gasteiger partial charge is 0.390 e. The van der Waals surface area contributed by atoms with E-state index in [1.807, 2.05) is 45.9 Å². The van der Waals surface area contributed by atoms with Gasteiger partial charge in [0.2, 0.25) is 0 Å². The molecule has 5 nitrogen and oxygen atoms in total. The van der Waals surface area contributed by atoms with Gasteiger partial charge in [0.05, 0.1) is 17.5 Å². The Hall–Kier alpha value is -0.630. The molecule has 0 aromatic heterocycles. The van der Waals surface area contributed by atoms with E-state index in [0.29, 0.717) is 13.0 Å². The molecule has 4 rings (SSSR count). The van der Waals surface area contributed by atoms with E-state index in [4.69, 9.17) is 18.9 Å². The van der Waals surface area contributed by atoms with Crippen molar-refractivity contribution < 1.29 is 24.1 Å². The van der Waals surface area contributed by atoms with Gasteiger partial charge < -0.3 is 24.1 Å². The first-order valence-corrected chi connectivity index (χ1v) is 9.61. The topological polar surface area (TPSA) is 57.2 Å². The summed E-state index contributed by atoms with van der Waals surface area (Å²) in [5.74, 6) is -1.41. The summed E-state index contributed by atoms with van der Waals surface area (Å²) in [4.78, 5) is 1.13. The first kappa shape index (κ1) is 17.8. The Labute approximate surface area is 153 Å². The minimum atomic E-state index is -0.727. The highest BCUT2D eigenvalue weighted by Gasteiger charge is 2.63. The van der Waals surface area contributed by atoms with Crippen LogP contribution in [0.2, 0.25) is 0 Å². The molecular weight excluding hydrogens is 340 g/mol. The summed E-state index contributed by atoms with van der Waals surface area (Å²) in [5.41, 5.74) is 0. The molecule has 0 radical (unpaired) electrons. The van der Waals surface area contributed by atoms with Crippen LogP contribution < -0.4 is 0 Å². The Bertz CT molecular complexity index is 634. The summed E-state index contributed by atoms with van der Waals surface area (Å²) in [7, 11) is 0. The number of hydrogen-bond acceptors (Lipinski definition) is 6. The SMILES string of the molecule is CC1(C)O[C@@H]2[C@H](O1)[C@@H](O)C[C@@]1(Sc3ccccc3)COC(C)(C)O[C@H]21. The van der Waals surface area contributed by atoms with Crippen LogP contribution in [0, 0.1) is 0 Å². The van der Waals surface area contributed by atoms with Gasteiger partial charge in [-0.05, 0) is 46.2 Å². The first-order chi connectivity index (χ1) is 11.7. The maximum atomic E-state index is 10.8. The zero-order chi connectivity index (χ0) is 17.9. The molecule has 1 aromatic rings. The first-order valence-electron chi connectivity index (χ1n) is 8.79. The highest BCUT2D eigenvalue weighted by atomic mass is 32.2. The van der Waals surface area contributed by atoms with E-state index in [1.165, 1.54) is 0 Å². The van der Waals surface area contributed by atoms with Crippen LogP contribution in [0.1, 0.15) is 34.1 Å². The third-order valence-corrected chi connectivity index (χ3v) is 6.48. The van der Waals surface area contributed by atoms with Gasteiger partial charge in [-0.2, -0.15) is 0 Å². The summed E-state index contributed by atoms with van der Waals surface area (Å²) < 4.78 is 24.1. The molecule has 0 amide bonds. The summed E-state index contributed by atoms with van der Waals surface area (Å²) in [6, 6.07) is 10.2. The molecule has 0 unspecified atom stereocenters. The number of hydrogen-bond donors (Lipinski definition) is 1. The number of fused-ring (bicyclic) bond motifs is 3. The molecule has 0 spiro atoms. The predicted octanol–water partition coefficient (Wildman–Crippen LogP) is 2.95. The number of benzene rings is 1. The van der Waals surface area contributed by atoms with Crippen LogP contribution in [0.4, 0.5) is 0 Å². The summed E-state index contributed by atoms with van der Waals surface area (Å²) in [6.45, 7) is 8.10. The smallest absolute Gasteiger partial charge is 0.164 e. The second kappa shape index (κ2) is 5.94. The summed E-state index contributed by atoms with van der Waals surface area (Å²) in [5, 5.41) is 10.8. The fourth-order valence-corrected chi connectivity index (χ4v) is 5.47. The molecule has 6 heteroatoms. The van der Waals surface area contributed by atoms with Gasteiger partial charge in [0, 0.05) is 4.90 Å². The Kier molecular flexibility index (Phi) is 4.22. The van der Waals surface area contributed by atoms with Crippen LogP contribution in [0.25, 0.3) is 0 Å². The number of thioether (sulfide) groups is 1. The van der Waals surface area contributed by atoms with Gasteiger partial charge in [-0.1, -0.05) is 18.2 Å². The van der Waals surface area contributed by atoms with Gasteiger partial charge >= 0.3 is 0 Å². The Morgan fingerprint density at radius 2 is 1.64 bits per heavy atom. The van der Waals surface area contributed by atoms with E-state index in [-0.39, 0.29) is 18.3 Å². The monoisotopic (exact) mass is 366 g/mol. The normalized spacial score (nSPS) is 41.8. The van der Waals surface area contributed by atoms with E-state index < -0.39 is 22.4 Å². The van der Waals surface area contributed by atoms with Crippen LogP contribution in [-0.4, -0.2) is 52.5 Å². The van der Waals surface area contributed by atoms with Gasteiger partial charge in [-0.3, -0.25) is 0 Å². The van der Waals surface area contributed by atoms with Crippen molar-refractivity contribution in [2.24, 2.45) is 0 Å². The van der Waals surface area contributed by atoms with E-state index in [1.54, 1.807) is 11.8 Å². The molecule has 25 heavy (non-hydrogen) atoms. The van der Waals surface area contributed by atoms with Gasteiger partial charge in [-0.25, -0.2) is 0 Å². The number of ether oxygens (including phenoxy) is 4. The quantitative estimate of drug-likeness (QED) is 0.868. The van der Waals surface area contributed by atoms with Crippen molar-refractivity contribution in [1.82, 2.24) is 0 Å². The van der Waals surface area contributed by atoms with Gasteiger partial charge in [0.1, 0.15) is 18.3 Å². The summed E-state index contributed by atoms with van der Waals surface area (Å²) >= 11 is 1.70. The Balaban J connectivity index is 1.70. The van der Waals surface area contributed by atoms with Crippen molar-refractivity contribution >= 4 is 11.8 Å². The van der Waals surface area contributed by atoms with Crippen molar-refractivity contribution in [1.29, 1.82) is 0 Å². The van der Waals surface area contributed by atoms with Crippen LogP contribution in [0.3, 0.4) is 0 Å². The molecule has 1 saturated carbocycles. The lowest BCUT2D eigenvalue weighted by atomic mass is 9.79. The van der Waals surface area contributed by atoms with Gasteiger partial charge in [0.15, 0.2) is 11.6 Å². The maximum absolute atomic E-state index is 10.8.